The van der Waals surface area contributed by atoms with Crippen molar-refractivity contribution in [2.24, 2.45) is 5.92 Å². The molecule has 1 heterocycles. The molecule has 0 aromatic heterocycles. The van der Waals surface area contributed by atoms with E-state index in [0.29, 0.717) is 12.0 Å². The SMILES string of the molecule is CCN1CCCC(C(C)Nc2ccc(F)cc2C)C1. The van der Waals surface area contributed by atoms with E-state index in [1.165, 1.54) is 32.0 Å². The average molecular weight is 264 g/mol. The molecule has 19 heavy (non-hydrogen) atoms. The second kappa shape index (κ2) is 6.38. The van der Waals surface area contributed by atoms with Crippen LogP contribution in [0.3, 0.4) is 0 Å². The molecule has 0 amide bonds. The maximum atomic E-state index is 13.1. The van der Waals surface area contributed by atoms with Gasteiger partial charge in [-0.3, -0.25) is 0 Å². The summed E-state index contributed by atoms with van der Waals surface area (Å²) in [5, 5.41) is 3.56. The van der Waals surface area contributed by atoms with Gasteiger partial charge in [-0.2, -0.15) is 0 Å². The first kappa shape index (κ1) is 14.3. The molecule has 1 aliphatic heterocycles. The van der Waals surface area contributed by atoms with Gasteiger partial charge in [0.25, 0.3) is 0 Å². The second-order valence-electron chi connectivity index (χ2n) is 5.69. The molecule has 0 spiro atoms. The third kappa shape index (κ3) is 3.69. The lowest BCUT2D eigenvalue weighted by Crippen LogP contribution is -2.41. The second-order valence-corrected chi connectivity index (χ2v) is 5.69. The third-order valence-electron chi connectivity index (χ3n) is 4.27. The van der Waals surface area contributed by atoms with Gasteiger partial charge in [0, 0.05) is 18.3 Å². The van der Waals surface area contributed by atoms with Crippen molar-refractivity contribution in [2.45, 2.75) is 39.7 Å². The molecule has 1 fully saturated rings. The Morgan fingerprint density at radius 3 is 2.95 bits per heavy atom. The van der Waals surface area contributed by atoms with Gasteiger partial charge in [0.2, 0.25) is 0 Å². The number of halogens is 1. The predicted octanol–water partition coefficient (Wildman–Crippen LogP) is 3.67. The molecule has 0 aliphatic carbocycles. The van der Waals surface area contributed by atoms with Crippen LogP contribution in [-0.4, -0.2) is 30.6 Å². The topological polar surface area (TPSA) is 15.3 Å². The Hall–Kier alpha value is -1.09. The van der Waals surface area contributed by atoms with Gasteiger partial charge in [0.1, 0.15) is 5.82 Å². The quantitative estimate of drug-likeness (QED) is 0.892. The van der Waals surface area contributed by atoms with Crippen LogP contribution in [0.15, 0.2) is 18.2 Å². The summed E-state index contributed by atoms with van der Waals surface area (Å²) in [5.41, 5.74) is 2.04. The number of nitrogens with zero attached hydrogens (tertiary/aromatic N) is 1. The van der Waals surface area contributed by atoms with Crippen molar-refractivity contribution < 1.29 is 4.39 Å². The Labute approximate surface area is 116 Å². The van der Waals surface area contributed by atoms with Crippen LogP contribution in [0.2, 0.25) is 0 Å². The number of benzene rings is 1. The lowest BCUT2D eigenvalue weighted by molar-refractivity contribution is 0.172. The first-order valence-corrected chi connectivity index (χ1v) is 7.35. The van der Waals surface area contributed by atoms with Gasteiger partial charge < -0.3 is 10.2 Å². The number of aryl methyl sites for hydroxylation is 1. The summed E-state index contributed by atoms with van der Waals surface area (Å²) >= 11 is 0. The van der Waals surface area contributed by atoms with E-state index < -0.39 is 0 Å². The smallest absolute Gasteiger partial charge is 0.123 e. The first-order chi connectivity index (χ1) is 9.10. The number of nitrogens with one attached hydrogen (secondary N) is 1. The van der Waals surface area contributed by atoms with Gasteiger partial charge in [0.15, 0.2) is 0 Å². The van der Waals surface area contributed by atoms with Crippen molar-refractivity contribution in [2.75, 3.05) is 25.0 Å². The van der Waals surface area contributed by atoms with Gasteiger partial charge in [0.05, 0.1) is 0 Å². The summed E-state index contributed by atoms with van der Waals surface area (Å²) in [6.07, 6.45) is 2.57. The minimum Gasteiger partial charge on any atom is -0.382 e. The average Bonchev–Trinajstić information content (AvgIpc) is 2.42. The van der Waals surface area contributed by atoms with Gasteiger partial charge in [-0.1, -0.05) is 6.92 Å². The normalized spacial score (nSPS) is 22.2. The third-order valence-corrected chi connectivity index (χ3v) is 4.27. The number of likely N-dealkylation sites (tertiary alicyclic amines) is 1. The summed E-state index contributed by atoms with van der Waals surface area (Å²) < 4.78 is 13.1. The Balaban J connectivity index is 1.98. The molecule has 0 bridgehead atoms. The van der Waals surface area contributed by atoms with Crippen molar-refractivity contribution >= 4 is 5.69 Å². The Morgan fingerprint density at radius 2 is 2.26 bits per heavy atom. The van der Waals surface area contributed by atoms with Crippen LogP contribution >= 0.6 is 0 Å². The van der Waals surface area contributed by atoms with Crippen LogP contribution < -0.4 is 5.32 Å². The highest BCUT2D eigenvalue weighted by Crippen LogP contribution is 2.24. The predicted molar refractivity (Wildman–Crippen MR) is 79.1 cm³/mol. The molecule has 1 aromatic carbocycles. The number of hydrogen-bond donors (Lipinski definition) is 1. The number of piperidine rings is 1. The molecule has 1 aliphatic rings. The molecule has 2 atom stereocenters. The highest BCUT2D eigenvalue weighted by molar-refractivity contribution is 5.51. The molecule has 1 N–H and O–H groups in total. The standard InChI is InChI=1S/C16H25FN2/c1-4-19-9-5-6-14(11-19)13(3)18-16-8-7-15(17)10-12(16)2/h7-8,10,13-14,18H,4-6,9,11H2,1-3H3. The first-order valence-electron chi connectivity index (χ1n) is 7.35. The summed E-state index contributed by atoms with van der Waals surface area (Å²) in [7, 11) is 0. The Kier molecular flexibility index (Phi) is 4.81. The van der Waals surface area contributed by atoms with E-state index in [2.05, 4.69) is 24.1 Å². The molecule has 2 nitrogen and oxygen atoms in total. The highest BCUT2D eigenvalue weighted by atomic mass is 19.1. The van der Waals surface area contributed by atoms with Crippen molar-refractivity contribution in [3.8, 4) is 0 Å². The zero-order chi connectivity index (χ0) is 13.8. The van der Waals surface area contributed by atoms with Gasteiger partial charge in [-0.15, -0.1) is 0 Å². The number of anilines is 1. The summed E-state index contributed by atoms with van der Waals surface area (Å²) in [4.78, 5) is 2.52. The van der Waals surface area contributed by atoms with Crippen LogP contribution in [-0.2, 0) is 0 Å². The van der Waals surface area contributed by atoms with E-state index >= 15 is 0 Å². The van der Waals surface area contributed by atoms with Crippen molar-refractivity contribution in [1.29, 1.82) is 0 Å². The molecular formula is C16H25FN2. The molecule has 2 unspecified atom stereocenters. The van der Waals surface area contributed by atoms with E-state index in [1.54, 1.807) is 6.07 Å². The monoisotopic (exact) mass is 264 g/mol. The van der Waals surface area contributed by atoms with Crippen molar-refractivity contribution in [1.82, 2.24) is 4.90 Å². The summed E-state index contributed by atoms with van der Waals surface area (Å²) in [6.45, 7) is 9.97. The van der Waals surface area contributed by atoms with Crippen LogP contribution in [0.25, 0.3) is 0 Å². The fourth-order valence-corrected chi connectivity index (χ4v) is 2.94. The fourth-order valence-electron chi connectivity index (χ4n) is 2.94. The van der Waals surface area contributed by atoms with E-state index in [1.807, 2.05) is 13.0 Å². The molecule has 0 saturated carbocycles. The van der Waals surface area contributed by atoms with Crippen LogP contribution in [0.1, 0.15) is 32.3 Å². The zero-order valence-corrected chi connectivity index (χ0v) is 12.2. The van der Waals surface area contributed by atoms with Crippen LogP contribution in [0.5, 0.6) is 0 Å². The van der Waals surface area contributed by atoms with E-state index in [-0.39, 0.29) is 5.82 Å². The van der Waals surface area contributed by atoms with Gasteiger partial charge in [-0.05, 0) is 69.5 Å². The number of rotatable bonds is 4. The number of hydrogen-bond acceptors (Lipinski definition) is 2. The van der Waals surface area contributed by atoms with Gasteiger partial charge in [-0.25, -0.2) is 4.39 Å². The highest BCUT2D eigenvalue weighted by Gasteiger charge is 2.23. The molecule has 1 aromatic rings. The van der Waals surface area contributed by atoms with Crippen LogP contribution in [0, 0.1) is 18.7 Å². The minimum absolute atomic E-state index is 0.162. The van der Waals surface area contributed by atoms with Crippen molar-refractivity contribution in [3.05, 3.63) is 29.6 Å². The van der Waals surface area contributed by atoms with Crippen LogP contribution in [0.4, 0.5) is 10.1 Å². The minimum atomic E-state index is -0.162. The maximum absolute atomic E-state index is 13.1. The van der Waals surface area contributed by atoms with E-state index in [0.717, 1.165) is 17.8 Å². The molecule has 106 valence electrons. The summed E-state index contributed by atoms with van der Waals surface area (Å²) in [6, 6.07) is 5.40. The molecular weight excluding hydrogens is 239 g/mol. The van der Waals surface area contributed by atoms with Gasteiger partial charge >= 0.3 is 0 Å². The Bertz CT molecular complexity index is 419. The zero-order valence-electron chi connectivity index (χ0n) is 12.2. The largest absolute Gasteiger partial charge is 0.382 e. The summed E-state index contributed by atoms with van der Waals surface area (Å²) in [5.74, 6) is 0.517. The fraction of sp³-hybridized carbons (Fsp3) is 0.625. The lowest BCUT2D eigenvalue weighted by atomic mass is 9.91. The lowest BCUT2D eigenvalue weighted by Gasteiger charge is -2.36. The maximum Gasteiger partial charge on any atom is 0.123 e. The van der Waals surface area contributed by atoms with Crippen molar-refractivity contribution in [3.63, 3.8) is 0 Å². The molecule has 1 saturated heterocycles. The molecule has 3 heteroatoms. The van der Waals surface area contributed by atoms with E-state index in [4.69, 9.17) is 0 Å². The Morgan fingerprint density at radius 1 is 1.47 bits per heavy atom. The van der Waals surface area contributed by atoms with E-state index in [9.17, 15) is 4.39 Å². The molecule has 2 rings (SSSR count). The molecule has 0 radical (unpaired) electrons.